The van der Waals surface area contributed by atoms with Crippen LogP contribution >= 0.6 is 11.6 Å². The molecule has 1 amide bonds. The maximum absolute atomic E-state index is 12.5. The number of rotatable bonds is 1. The third-order valence-corrected chi connectivity index (χ3v) is 4.43. The van der Waals surface area contributed by atoms with Crippen LogP contribution in [0, 0.1) is 6.92 Å². The lowest BCUT2D eigenvalue weighted by Gasteiger charge is -2.27. The van der Waals surface area contributed by atoms with E-state index in [4.69, 9.17) is 16.3 Å². The van der Waals surface area contributed by atoms with Crippen molar-refractivity contribution < 1.29 is 9.53 Å². The van der Waals surface area contributed by atoms with Crippen LogP contribution in [-0.4, -0.2) is 32.7 Å². The zero-order chi connectivity index (χ0) is 16.7. The maximum Gasteiger partial charge on any atom is 0.416 e. The van der Waals surface area contributed by atoms with Gasteiger partial charge in [0, 0.05) is 13.1 Å². The molecule has 4 rings (SSSR count). The van der Waals surface area contributed by atoms with E-state index < -0.39 is 6.09 Å². The summed E-state index contributed by atoms with van der Waals surface area (Å²) in [6.45, 7) is 3.04. The lowest BCUT2D eigenvalue weighted by molar-refractivity contribution is 0.145. The molecule has 0 saturated carbocycles. The van der Waals surface area contributed by atoms with Crippen molar-refractivity contribution in [2.24, 2.45) is 0 Å². The SMILES string of the molecule is Cc1cc(Cl)nc2[nH]nc(OC(=O)N3CCc4ccccc4C3)c12. The Kier molecular flexibility index (Phi) is 3.61. The van der Waals surface area contributed by atoms with Crippen molar-refractivity contribution in [2.75, 3.05) is 6.54 Å². The van der Waals surface area contributed by atoms with Gasteiger partial charge < -0.3 is 9.64 Å². The third kappa shape index (κ3) is 2.59. The number of carbonyl (C=O) groups excluding carboxylic acids is 1. The highest BCUT2D eigenvalue weighted by molar-refractivity contribution is 6.29. The number of aromatic nitrogens is 3. The Balaban J connectivity index is 1.57. The van der Waals surface area contributed by atoms with E-state index in [1.165, 1.54) is 5.56 Å². The average Bonchev–Trinajstić information content (AvgIpc) is 2.97. The summed E-state index contributed by atoms with van der Waals surface area (Å²) in [5.41, 5.74) is 3.79. The predicted molar refractivity (Wildman–Crippen MR) is 90.2 cm³/mol. The Morgan fingerprint density at radius 1 is 1.33 bits per heavy atom. The Morgan fingerprint density at radius 2 is 2.12 bits per heavy atom. The number of carbonyl (C=O) groups is 1. The number of pyridine rings is 1. The van der Waals surface area contributed by atoms with Gasteiger partial charge in [-0.2, -0.15) is 0 Å². The number of H-pyrrole nitrogens is 1. The van der Waals surface area contributed by atoms with Gasteiger partial charge in [0.05, 0.1) is 5.39 Å². The molecule has 7 heteroatoms. The molecule has 0 atom stereocenters. The molecular formula is C17H15ClN4O2. The molecule has 0 unspecified atom stereocenters. The molecule has 1 aromatic carbocycles. The van der Waals surface area contributed by atoms with E-state index in [-0.39, 0.29) is 5.88 Å². The summed E-state index contributed by atoms with van der Waals surface area (Å²) in [6, 6.07) is 9.85. The molecule has 1 aliphatic heterocycles. The highest BCUT2D eigenvalue weighted by atomic mass is 35.5. The predicted octanol–water partition coefficient (Wildman–Crippen LogP) is 3.48. The van der Waals surface area contributed by atoms with Crippen molar-refractivity contribution >= 4 is 28.7 Å². The molecule has 0 fully saturated rings. The minimum atomic E-state index is -0.410. The molecule has 3 heterocycles. The summed E-state index contributed by atoms with van der Waals surface area (Å²) < 4.78 is 5.50. The van der Waals surface area contributed by atoms with Crippen molar-refractivity contribution in [3.05, 3.63) is 52.2 Å². The van der Waals surface area contributed by atoms with Gasteiger partial charge >= 0.3 is 6.09 Å². The lowest BCUT2D eigenvalue weighted by atomic mass is 10.0. The van der Waals surface area contributed by atoms with Crippen molar-refractivity contribution in [1.82, 2.24) is 20.1 Å². The number of amides is 1. The maximum atomic E-state index is 12.5. The van der Waals surface area contributed by atoms with Gasteiger partial charge in [-0.3, -0.25) is 5.10 Å². The molecule has 24 heavy (non-hydrogen) atoms. The third-order valence-electron chi connectivity index (χ3n) is 4.24. The molecule has 6 nitrogen and oxygen atoms in total. The Bertz CT molecular complexity index is 937. The van der Waals surface area contributed by atoms with Crippen LogP contribution in [-0.2, 0) is 13.0 Å². The first-order valence-electron chi connectivity index (χ1n) is 7.66. The van der Waals surface area contributed by atoms with E-state index in [1.54, 1.807) is 11.0 Å². The molecule has 3 aromatic rings. The van der Waals surface area contributed by atoms with Crippen LogP contribution in [0.15, 0.2) is 30.3 Å². The van der Waals surface area contributed by atoms with Crippen LogP contribution in [0.3, 0.4) is 0 Å². The number of fused-ring (bicyclic) bond motifs is 2. The van der Waals surface area contributed by atoms with E-state index in [0.717, 1.165) is 17.5 Å². The molecule has 2 aromatic heterocycles. The Labute approximate surface area is 143 Å². The first-order chi connectivity index (χ1) is 11.6. The molecule has 1 N–H and O–H groups in total. The van der Waals surface area contributed by atoms with Crippen molar-refractivity contribution in [3.8, 4) is 5.88 Å². The van der Waals surface area contributed by atoms with Crippen molar-refractivity contribution in [1.29, 1.82) is 0 Å². The number of halogens is 1. The number of nitrogens with one attached hydrogen (secondary N) is 1. The molecule has 1 aliphatic rings. The van der Waals surface area contributed by atoms with Crippen LogP contribution in [0.1, 0.15) is 16.7 Å². The average molecular weight is 343 g/mol. The van der Waals surface area contributed by atoms with Gasteiger partial charge in [-0.15, -0.1) is 5.10 Å². The second kappa shape index (κ2) is 5.79. The zero-order valence-corrected chi connectivity index (χ0v) is 13.8. The topological polar surface area (TPSA) is 71.1 Å². The first kappa shape index (κ1) is 15.0. The number of ether oxygens (including phenoxy) is 1. The van der Waals surface area contributed by atoms with Gasteiger partial charge in [-0.25, -0.2) is 9.78 Å². The molecule has 0 aliphatic carbocycles. The Hall–Kier alpha value is -2.60. The second-order valence-electron chi connectivity index (χ2n) is 5.82. The van der Waals surface area contributed by atoms with Crippen LogP contribution in [0.25, 0.3) is 11.0 Å². The normalized spacial score (nSPS) is 13.8. The number of nitrogens with zero attached hydrogens (tertiary/aromatic N) is 3. The van der Waals surface area contributed by atoms with Crippen LogP contribution < -0.4 is 4.74 Å². The minimum Gasteiger partial charge on any atom is -0.389 e. The van der Waals surface area contributed by atoms with Gasteiger partial charge in [0.1, 0.15) is 5.15 Å². The minimum absolute atomic E-state index is 0.232. The summed E-state index contributed by atoms with van der Waals surface area (Å²) in [7, 11) is 0. The fourth-order valence-electron chi connectivity index (χ4n) is 3.02. The number of benzene rings is 1. The van der Waals surface area contributed by atoms with E-state index in [9.17, 15) is 4.79 Å². The fraction of sp³-hybridized carbons (Fsp3) is 0.235. The van der Waals surface area contributed by atoms with Gasteiger partial charge in [0.25, 0.3) is 5.88 Å². The zero-order valence-electron chi connectivity index (χ0n) is 13.0. The van der Waals surface area contributed by atoms with Gasteiger partial charge in [-0.05, 0) is 36.1 Å². The summed E-state index contributed by atoms with van der Waals surface area (Å²) in [5, 5.41) is 7.85. The molecular weight excluding hydrogens is 328 g/mol. The molecule has 122 valence electrons. The summed E-state index contributed by atoms with van der Waals surface area (Å²) in [4.78, 5) is 18.3. The first-order valence-corrected chi connectivity index (χ1v) is 8.04. The highest BCUT2D eigenvalue weighted by Crippen LogP contribution is 2.28. The quantitative estimate of drug-likeness (QED) is 0.687. The largest absolute Gasteiger partial charge is 0.416 e. The number of aryl methyl sites for hydroxylation is 1. The fourth-order valence-corrected chi connectivity index (χ4v) is 3.26. The highest BCUT2D eigenvalue weighted by Gasteiger charge is 2.24. The number of aromatic amines is 1. The standard InChI is InChI=1S/C17H15ClN4O2/c1-10-8-13(18)19-15-14(10)16(21-20-15)24-17(23)22-7-6-11-4-2-3-5-12(11)9-22/h2-5,8H,6-7,9H2,1H3,(H,19,20,21). The smallest absolute Gasteiger partial charge is 0.389 e. The summed E-state index contributed by atoms with van der Waals surface area (Å²) in [5.74, 6) is 0.232. The van der Waals surface area contributed by atoms with E-state index in [2.05, 4.69) is 21.2 Å². The van der Waals surface area contributed by atoms with E-state index >= 15 is 0 Å². The van der Waals surface area contributed by atoms with Crippen molar-refractivity contribution in [2.45, 2.75) is 19.9 Å². The summed E-state index contributed by atoms with van der Waals surface area (Å²) in [6.07, 6.45) is 0.412. The second-order valence-corrected chi connectivity index (χ2v) is 6.21. The molecule has 0 spiro atoms. The van der Waals surface area contributed by atoms with Crippen LogP contribution in [0.2, 0.25) is 5.15 Å². The summed E-state index contributed by atoms with van der Waals surface area (Å²) >= 11 is 5.93. The number of hydrogen-bond donors (Lipinski definition) is 1. The Morgan fingerprint density at radius 3 is 2.96 bits per heavy atom. The lowest BCUT2D eigenvalue weighted by Crippen LogP contribution is -2.37. The molecule has 0 saturated heterocycles. The van der Waals surface area contributed by atoms with Gasteiger partial charge in [0.2, 0.25) is 0 Å². The van der Waals surface area contributed by atoms with Gasteiger partial charge in [0.15, 0.2) is 5.65 Å². The molecule has 0 bridgehead atoms. The molecule has 0 radical (unpaired) electrons. The van der Waals surface area contributed by atoms with E-state index in [0.29, 0.717) is 29.3 Å². The number of hydrogen-bond acceptors (Lipinski definition) is 4. The van der Waals surface area contributed by atoms with Crippen LogP contribution in [0.5, 0.6) is 5.88 Å². The van der Waals surface area contributed by atoms with Crippen molar-refractivity contribution in [3.63, 3.8) is 0 Å². The monoisotopic (exact) mass is 342 g/mol. The van der Waals surface area contributed by atoms with Gasteiger partial charge in [-0.1, -0.05) is 35.9 Å². The van der Waals surface area contributed by atoms with Crippen LogP contribution in [0.4, 0.5) is 4.79 Å². The van der Waals surface area contributed by atoms with E-state index in [1.807, 2.05) is 25.1 Å².